The lowest BCUT2D eigenvalue weighted by Gasteiger charge is -2.32. The van der Waals surface area contributed by atoms with Gasteiger partial charge in [0.2, 0.25) is 15.9 Å². The van der Waals surface area contributed by atoms with Crippen LogP contribution in [0.5, 0.6) is 0 Å². The average molecular weight is 648 g/mol. The number of amides is 3. The fraction of sp³-hybridized carbons (Fsp3) is 0.400. The number of anilines is 1. The van der Waals surface area contributed by atoms with Crippen LogP contribution in [0.3, 0.4) is 0 Å². The Morgan fingerprint density at radius 1 is 0.957 bits per heavy atom. The smallest absolute Gasteiger partial charge is 0.417 e. The van der Waals surface area contributed by atoms with Crippen molar-refractivity contribution in [3.05, 3.63) is 95.1 Å². The van der Waals surface area contributed by atoms with Gasteiger partial charge in [-0.2, -0.15) is 0 Å². The van der Waals surface area contributed by atoms with Crippen molar-refractivity contribution in [2.75, 3.05) is 11.4 Å². The van der Waals surface area contributed by atoms with Crippen LogP contribution >= 0.6 is 0 Å². The Morgan fingerprint density at radius 2 is 1.59 bits per heavy atom. The number of likely N-dealkylation sites (tertiary alicyclic amines) is 1. The van der Waals surface area contributed by atoms with E-state index < -0.39 is 38.8 Å². The Morgan fingerprint density at radius 3 is 2.17 bits per heavy atom. The summed E-state index contributed by atoms with van der Waals surface area (Å²) in [6.07, 6.45) is 0.179. The van der Waals surface area contributed by atoms with Gasteiger partial charge in [0.25, 0.3) is 5.91 Å². The Bertz CT molecular complexity index is 1760. The number of fused-ring (bicyclic) bond motifs is 1. The summed E-state index contributed by atoms with van der Waals surface area (Å²) in [4.78, 5) is 41.9. The number of nitrogens with zero attached hydrogens (tertiary/aromatic N) is 2. The highest BCUT2D eigenvalue weighted by molar-refractivity contribution is 7.89. The Labute approximate surface area is 270 Å². The van der Waals surface area contributed by atoms with Crippen molar-refractivity contribution in [2.45, 2.75) is 88.5 Å². The molecule has 3 aromatic carbocycles. The molecule has 0 aliphatic carbocycles. The van der Waals surface area contributed by atoms with Gasteiger partial charge in [-0.3, -0.25) is 9.59 Å². The number of benzene rings is 3. The maximum Gasteiger partial charge on any atom is 0.417 e. The molecule has 244 valence electrons. The molecule has 3 amide bonds. The summed E-state index contributed by atoms with van der Waals surface area (Å²) in [7, 11) is -3.80. The molecular weight excluding hydrogens is 606 g/mol. The Balaban J connectivity index is 1.32. The zero-order chi connectivity index (χ0) is 33.7. The van der Waals surface area contributed by atoms with Crippen molar-refractivity contribution in [1.29, 1.82) is 0 Å². The highest BCUT2D eigenvalue weighted by Crippen LogP contribution is 2.45. The third-order valence-electron chi connectivity index (χ3n) is 7.99. The van der Waals surface area contributed by atoms with E-state index in [4.69, 9.17) is 4.74 Å². The van der Waals surface area contributed by atoms with Crippen LogP contribution in [-0.4, -0.2) is 54.0 Å². The van der Waals surface area contributed by atoms with Crippen LogP contribution in [0.15, 0.2) is 77.7 Å². The molecule has 3 aromatic rings. The molecule has 2 aliphatic heterocycles. The van der Waals surface area contributed by atoms with E-state index in [-0.39, 0.29) is 41.8 Å². The number of carbonyl (C=O) groups is 3. The van der Waals surface area contributed by atoms with E-state index in [1.807, 2.05) is 24.3 Å². The van der Waals surface area contributed by atoms with Crippen molar-refractivity contribution in [2.24, 2.45) is 0 Å². The first-order chi connectivity index (χ1) is 21.4. The number of para-hydroxylation sites is 1. The summed E-state index contributed by atoms with van der Waals surface area (Å²) in [5.41, 5.74) is -0.343. The largest absolute Gasteiger partial charge is 0.443 e. The van der Waals surface area contributed by atoms with Crippen molar-refractivity contribution in [3.63, 3.8) is 0 Å². The third kappa shape index (κ3) is 6.72. The summed E-state index contributed by atoms with van der Waals surface area (Å²) in [6, 6.07) is 20.4. The van der Waals surface area contributed by atoms with E-state index in [0.717, 1.165) is 11.1 Å². The standard InChI is InChI=1S/C35H41N3O7S/c1-33(2,3)36-46(43,44)27-17-15-26(16-18-27)35(42)28-9-7-8-10-29(28)38(31(35)40)22-23-11-13-24(14-12-23)25-19-20-37(30(39)21-25)32(41)45-34(4,5)6/h7-18,25,36,42H,19-22H2,1-6H3. The first kappa shape index (κ1) is 33.3. The Hall–Kier alpha value is -4.06. The first-order valence-electron chi connectivity index (χ1n) is 15.3. The van der Waals surface area contributed by atoms with Crippen molar-refractivity contribution < 1.29 is 32.6 Å². The molecule has 1 saturated heterocycles. The normalized spacial score (nSPS) is 20.5. The average Bonchev–Trinajstić information content (AvgIpc) is 3.18. The molecule has 2 unspecified atom stereocenters. The zero-order valence-corrected chi connectivity index (χ0v) is 27.8. The van der Waals surface area contributed by atoms with Crippen molar-refractivity contribution in [3.8, 4) is 0 Å². The number of hydrogen-bond donors (Lipinski definition) is 2. The molecule has 0 aromatic heterocycles. The van der Waals surface area contributed by atoms with E-state index in [0.29, 0.717) is 17.7 Å². The maximum atomic E-state index is 13.9. The van der Waals surface area contributed by atoms with Gasteiger partial charge in [0, 0.05) is 24.1 Å². The number of sulfonamides is 1. The second kappa shape index (κ2) is 11.9. The van der Waals surface area contributed by atoms with Gasteiger partial charge in [0.15, 0.2) is 5.60 Å². The molecule has 0 bridgehead atoms. The van der Waals surface area contributed by atoms with E-state index in [1.54, 1.807) is 65.8 Å². The molecule has 2 atom stereocenters. The van der Waals surface area contributed by atoms with Crippen LogP contribution in [-0.2, 0) is 36.5 Å². The quantitative estimate of drug-likeness (QED) is 0.376. The second-order valence-electron chi connectivity index (χ2n) is 14.0. The molecule has 2 N–H and O–H groups in total. The molecule has 0 radical (unpaired) electrons. The van der Waals surface area contributed by atoms with Crippen LogP contribution in [0.25, 0.3) is 0 Å². The Kier molecular flexibility index (Phi) is 8.65. The zero-order valence-electron chi connectivity index (χ0n) is 27.0. The maximum absolute atomic E-state index is 13.9. The molecule has 5 rings (SSSR count). The van der Waals surface area contributed by atoms with Gasteiger partial charge in [0.05, 0.1) is 17.1 Å². The predicted octanol–water partition coefficient (Wildman–Crippen LogP) is 5.19. The molecule has 46 heavy (non-hydrogen) atoms. The van der Waals surface area contributed by atoms with Crippen LogP contribution in [0.1, 0.15) is 82.6 Å². The number of aliphatic hydroxyl groups is 1. The molecule has 0 spiro atoms. The van der Waals surface area contributed by atoms with Crippen LogP contribution < -0.4 is 9.62 Å². The summed E-state index contributed by atoms with van der Waals surface area (Å²) >= 11 is 0. The molecular formula is C35H41N3O7S. The minimum absolute atomic E-state index is 0.0302. The van der Waals surface area contributed by atoms with E-state index in [1.165, 1.54) is 34.1 Å². The lowest BCUT2D eigenvalue weighted by atomic mass is 9.87. The second-order valence-corrected chi connectivity index (χ2v) is 15.6. The van der Waals surface area contributed by atoms with E-state index in [2.05, 4.69) is 4.72 Å². The fourth-order valence-corrected chi connectivity index (χ4v) is 7.33. The summed E-state index contributed by atoms with van der Waals surface area (Å²) in [5, 5.41) is 11.9. The van der Waals surface area contributed by atoms with Gasteiger partial charge in [-0.1, -0.05) is 54.6 Å². The number of ether oxygens (including phenoxy) is 1. The fourth-order valence-electron chi connectivity index (χ4n) is 5.91. The third-order valence-corrected chi connectivity index (χ3v) is 9.77. The SMILES string of the molecule is CC(C)(C)NS(=O)(=O)c1ccc(C2(O)C(=O)N(Cc3ccc(C4CCN(C(=O)OC(C)(C)C)C(=O)C4)cc3)c3ccccc32)cc1. The van der Waals surface area contributed by atoms with Crippen LogP contribution in [0, 0.1) is 0 Å². The van der Waals surface area contributed by atoms with Crippen LogP contribution in [0.4, 0.5) is 10.5 Å². The number of imide groups is 1. The van der Waals surface area contributed by atoms with Crippen molar-refractivity contribution >= 4 is 33.6 Å². The summed E-state index contributed by atoms with van der Waals surface area (Å²) in [6.45, 7) is 11.0. The number of rotatable bonds is 6. The highest BCUT2D eigenvalue weighted by atomic mass is 32.2. The predicted molar refractivity (Wildman–Crippen MR) is 174 cm³/mol. The molecule has 11 heteroatoms. The molecule has 1 fully saturated rings. The van der Waals surface area contributed by atoms with Gasteiger partial charge in [0.1, 0.15) is 5.60 Å². The topological polar surface area (TPSA) is 133 Å². The van der Waals surface area contributed by atoms with E-state index >= 15 is 0 Å². The van der Waals surface area contributed by atoms with Crippen molar-refractivity contribution in [1.82, 2.24) is 9.62 Å². The first-order valence-corrected chi connectivity index (χ1v) is 16.8. The molecule has 2 heterocycles. The monoisotopic (exact) mass is 647 g/mol. The number of hydrogen-bond acceptors (Lipinski definition) is 7. The molecule has 10 nitrogen and oxygen atoms in total. The van der Waals surface area contributed by atoms with Gasteiger partial charge < -0.3 is 14.7 Å². The number of piperidine rings is 1. The molecule has 2 aliphatic rings. The lowest BCUT2D eigenvalue weighted by Crippen LogP contribution is -2.44. The minimum Gasteiger partial charge on any atom is -0.443 e. The van der Waals surface area contributed by atoms with Gasteiger partial charge >= 0.3 is 6.09 Å². The lowest BCUT2D eigenvalue weighted by molar-refractivity contribution is -0.133. The number of nitrogens with one attached hydrogen (secondary N) is 1. The van der Waals surface area contributed by atoms with Crippen LogP contribution in [0.2, 0.25) is 0 Å². The summed E-state index contributed by atoms with van der Waals surface area (Å²) in [5.74, 6) is -0.865. The number of carbonyl (C=O) groups excluding carboxylic acids is 3. The molecule has 0 saturated carbocycles. The minimum atomic E-state index is -3.80. The van der Waals surface area contributed by atoms with E-state index in [9.17, 15) is 27.9 Å². The highest BCUT2D eigenvalue weighted by Gasteiger charge is 2.51. The van der Waals surface area contributed by atoms with Gasteiger partial charge in [-0.25, -0.2) is 22.8 Å². The van der Waals surface area contributed by atoms with Gasteiger partial charge in [-0.05, 0) is 88.8 Å². The van der Waals surface area contributed by atoms with Gasteiger partial charge in [-0.15, -0.1) is 0 Å². The summed E-state index contributed by atoms with van der Waals surface area (Å²) < 4.78 is 33.6.